The molecule has 4 rings (SSSR count). The lowest BCUT2D eigenvalue weighted by molar-refractivity contribution is 0.102. The van der Waals surface area contributed by atoms with Crippen molar-refractivity contribution in [1.82, 2.24) is 9.88 Å². The van der Waals surface area contributed by atoms with Crippen LogP contribution in [-0.4, -0.2) is 49.6 Å². The van der Waals surface area contributed by atoms with Crippen LogP contribution in [0.2, 0.25) is 0 Å². The largest absolute Gasteiger partial charge is 0.298 e. The number of carbonyl (C=O) groups excluding carboxylic acids is 1. The quantitative estimate of drug-likeness (QED) is 0.758. The zero-order valence-corrected chi connectivity index (χ0v) is 19.0. The monoisotopic (exact) mass is 448 g/mol. The molecule has 0 saturated carbocycles. The fourth-order valence-corrected chi connectivity index (χ4v) is 6.74. The second-order valence-electron chi connectivity index (χ2n) is 8.53. The van der Waals surface area contributed by atoms with E-state index in [-0.39, 0.29) is 11.7 Å². The van der Waals surface area contributed by atoms with Gasteiger partial charge in [0.25, 0.3) is 5.91 Å². The number of benzene rings is 1. The van der Waals surface area contributed by atoms with E-state index < -0.39 is 10.0 Å². The molecular formula is C21H28N4O3S2. The molecule has 2 aliphatic heterocycles. The van der Waals surface area contributed by atoms with Crippen LogP contribution in [0.15, 0.2) is 29.6 Å². The summed E-state index contributed by atoms with van der Waals surface area (Å²) in [6, 6.07) is 6.75. The van der Waals surface area contributed by atoms with E-state index in [1.165, 1.54) is 22.1 Å². The first-order chi connectivity index (χ1) is 14.3. The van der Waals surface area contributed by atoms with E-state index in [1.807, 2.05) is 5.38 Å². The van der Waals surface area contributed by atoms with Gasteiger partial charge in [-0.05, 0) is 42.9 Å². The van der Waals surface area contributed by atoms with Gasteiger partial charge in [0, 0.05) is 37.1 Å². The summed E-state index contributed by atoms with van der Waals surface area (Å²) in [5, 5.41) is 5.41. The number of sulfonamides is 1. The van der Waals surface area contributed by atoms with Crippen molar-refractivity contribution in [2.45, 2.75) is 33.2 Å². The Hall–Kier alpha value is -1.97. The Bertz CT molecular complexity index is 1010. The van der Waals surface area contributed by atoms with Crippen LogP contribution >= 0.6 is 11.3 Å². The van der Waals surface area contributed by atoms with Crippen LogP contribution in [0.4, 0.5) is 10.8 Å². The van der Waals surface area contributed by atoms with Crippen molar-refractivity contribution in [3.8, 4) is 0 Å². The van der Waals surface area contributed by atoms with Gasteiger partial charge in [-0.1, -0.05) is 19.9 Å². The summed E-state index contributed by atoms with van der Waals surface area (Å²) in [5.74, 6) is 1.26. The number of likely N-dealkylation sites (tertiary alicyclic amines) is 1. The zero-order chi connectivity index (χ0) is 21.3. The van der Waals surface area contributed by atoms with Gasteiger partial charge in [-0.2, -0.15) is 0 Å². The van der Waals surface area contributed by atoms with E-state index in [0.29, 0.717) is 41.2 Å². The number of thiazole rings is 1. The van der Waals surface area contributed by atoms with Crippen LogP contribution in [0, 0.1) is 11.8 Å². The zero-order valence-electron chi connectivity index (χ0n) is 17.4. The number of anilines is 2. The number of nitrogens with zero attached hydrogens (tertiary/aromatic N) is 3. The van der Waals surface area contributed by atoms with Crippen LogP contribution in [0.5, 0.6) is 0 Å². The number of hydrogen-bond acceptors (Lipinski definition) is 6. The van der Waals surface area contributed by atoms with Gasteiger partial charge in [0.05, 0.1) is 17.1 Å². The third kappa shape index (κ3) is 4.84. The number of aromatic nitrogens is 1. The Kier molecular flexibility index (Phi) is 6.13. The van der Waals surface area contributed by atoms with Crippen LogP contribution in [0.25, 0.3) is 0 Å². The minimum Gasteiger partial charge on any atom is -0.298 e. The van der Waals surface area contributed by atoms with E-state index in [1.54, 1.807) is 24.3 Å². The predicted molar refractivity (Wildman–Crippen MR) is 120 cm³/mol. The highest BCUT2D eigenvalue weighted by molar-refractivity contribution is 7.93. The number of rotatable bonds is 5. The number of hydrogen-bond donors (Lipinski definition) is 1. The second kappa shape index (κ2) is 8.64. The molecule has 1 aromatic carbocycles. The van der Waals surface area contributed by atoms with Gasteiger partial charge in [-0.25, -0.2) is 13.4 Å². The molecule has 9 heteroatoms. The smallest absolute Gasteiger partial charge is 0.257 e. The summed E-state index contributed by atoms with van der Waals surface area (Å²) >= 11 is 1.42. The maximum Gasteiger partial charge on any atom is 0.257 e. The lowest BCUT2D eigenvalue weighted by atomic mass is 9.92. The van der Waals surface area contributed by atoms with Crippen molar-refractivity contribution in [2.75, 3.05) is 35.0 Å². The molecule has 0 spiro atoms. The Balaban J connectivity index is 1.41. The topological polar surface area (TPSA) is 82.6 Å². The van der Waals surface area contributed by atoms with Gasteiger partial charge in [0.2, 0.25) is 10.0 Å². The minimum atomic E-state index is -3.27. The van der Waals surface area contributed by atoms with Crippen molar-refractivity contribution >= 4 is 38.1 Å². The SMILES string of the molecule is C[C@@H]1C[C@@H](C)CN(Cc2csc(NC(=O)c3cccc(N4CCCS4(=O)=O)c3)n2)C1. The number of carbonyl (C=O) groups is 1. The summed E-state index contributed by atoms with van der Waals surface area (Å²) in [4.78, 5) is 19.7. The fraction of sp³-hybridized carbons (Fsp3) is 0.524. The first kappa shape index (κ1) is 21.3. The van der Waals surface area contributed by atoms with Gasteiger partial charge in [0.15, 0.2) is 5.13 Å². The van der Waals surface area contributed by atoms with Crippen molar-refractivity contribution in [3.05, 3.63) is 40.9 Å². The molecule has 30 heavy (non-hydrogen) atoms. The Morgan fingerprint density at radius 2 is 2.03 bits per heavy atom. The summed E-state index contributed by atoms with van der Waals surface area (Å²) in [7, 11) is -3.27. The summed E-state index contributed by atoms with van der Waals surface area (Å²) in [5.41, 5.74) is 1.92. The molecular weight excluding hydrogens is 420 g/mol. The van der Waals surface area contributed by atoms with Gasteiger partial charge in [0.1, 0.15) is 0 Å². The predicted octanol–water partition coefficient (Wildman–Crippen LogP) is 3.41. The average Bonchev–Trinajstić information content (AvgIpc) is 3.26. The molecule has 1 N–H and O–H groups in total. The van der Waals surface area contributed by atoms with Crippen molar-refractivity contribution in [3.63, 3.8) is 0 Å². The molecule has 1 amide bonds. The molecule has 0 bridgehead atoms. The van der Waals surface area contributed by atoms with E-state index in [4.69, 9.17) is 0 Å². The minimum absolute atomic E-state index is 0.153. The third-order valence-corrected chi connectivity index (χ3v) is 8.27. The molecule has 2 aliphatic rings. The van der Waals surface area contributed by atoms with E-state index >= 15 is 0 Å². The molecule has 2 saturated heterocycles. The van der Waals surface area contributed by atoms with Crippen molar-refractivity contribution in [1.29, 1.82) is 0 Å². The van der Waals surface area contributed by atoms with Crippen LogP contribution < -0.4 is 9.62 Å². The molecule has 7 nitrogen and oxygen atoms in total. The van der Waals surface area contributed by atoms with E-state index in [9.17, 15) is 13.2 Å². The summed E-state index contributed by atoms with van der Waals surface area (Å²) < 4.78 is 25.7. The normalized spacial score (nSPS) is 24.1. The molecule has 2 aromatic rings. The number of amides is 1. The van der Waals surface area contributed by atoms with Crippen LogP contribution in [0.3, 0.4) is 0 Å². The van der Waals surface area contributed by atoms with Crippen LogP contribution in [0.1, 0.15) is 42.7 Å². The molecule has 2 fully saturated rings. The third-order valence-electron chi connectivity index (χ3n) is 5.60. The summed E-state index contributed by atoms with van der Waals surface area (Å²) in [6.07, 6.45) is 1.88. The molecule has 162 valence electrons. The fourth-order valence-electron chi connectivity index (χ4n) is 4.49. The number of nitrogens with one attached hydrogen (secondary N) is 1. The van der Waals surface area contributed by atoms with Gasteiger partial charge in [-0.3, -0.25) is 19.3 Å². The molecule has 1 aromatic heterocycles. The van der Waals surface area contributed by atoms with Crippen molar-refractivity contribution in [2.24, 2.45) is 11.8 Å². The molecule has 2 atom stereocenters. The second-order valence-corrected chi connectivity index (χ2v) is 11.4. The maximum atomic E-state index is 12.7. The van der Waals surface area contributed by atoms with Crippen molar-refractivity contribution < 1.29 is 13.2 Å². The van der Waals surface area contributed by atoms with Gasteiger partial charge >= 0.3 is 0 Å². The molecule has 0 aliphatic carbocycles. The number of piperidine rings is 1. The Morgan fingerprint density at radius 1 is 1.27 bits per heavy atom. The molecule has 0 radical (unpaired) electrons. The van der Waals surface area contributed by atoms with E-state index in [0.717, 1.165) is 25.3 Å². The van der Waals surface area contributed by atoms with Gasteiger partial charge in [-0.15, -0.1) is 11.3 Å². The Labute approximate surface area is 182 Å². The molecule has 3 heterocycles. The highest BCUT2D eigenvalue weighted by Crippen LogP contribution is 2.26. The first-order valence-electron chi connectivity index (χ1n) is 10.4. The molecule has 0 unspecified atom stereocenters. The lowest BCUT2D eigenvalue weighted by Gasteiger charge is -2.34. The van der Waals surface area contributed by atoms with Gasteiger partial charge < -0.3 is 0 Å². The Morgan fingerprint density at radius 3 is 2.73 bits per heavy atom. The standard InChI is InChI=1S/C21H28N4O3S2/c1-15-9-16(2)12-24(11-15)13-18-14-29-21(22-18)23-20(26)17-5-3-6-19(10-17)25-7-4-8-30(25,27)28/h3,5-6,10,14-16H,4,7-9,11-13H2,1-2H3,(H,22,23,26)/t15-,16-/m1/s1. The maximum absolute atomic E-state index is 12.7. The average molecular weight is 449 g/mol. The summed E-state index contributed by atoms with van der Waals surface area (Å²) in [6.45, 7) is 7.99. The lowest BCUT2D eigenvalue weighted by Crippen LogP contribution is -2.38. The highest BCUT2D eigenvalue weighted by Gasteiger charge is 2.29. The van der Waals surface area contributed by atoms with Crippen LogP contribution in [-0.2, 0) is 16.6 Å². The van der Waals surface area contributed by atoms with E-state index in [2.05, 4.69) is 29.0 Å². The highest BCUT2D eigenvalue weighted by atomic mass is 32.2. The first-order valence-corrected chi connectivity index (χ1v) is 12.9.